The molecular formula is C21H24ClN3O2S. The zero-order valence-corrected chi connectivity index (χ0v) is 17.3. The van der Waals surface area contributed by atoms with Crippen LogP contribution < -0.4 is 16.0 Å². The van der Waals surface area contributed by atoms with Crippen LogP contribution in [0.4, 0.5) is 5.69 Å². The second-order valence-electron chi connectivity index (χ2n) is 7.02. The summed E-state index contributed by atoms with van der Waals surface area (Å²) in [5.74, 6) is 0.434. The zero-order chi connectivity index (χ0) is 20.1. The molecule has 2 aromatic carbocycles. The van der Waals surface area contributed by atoms with E-state index in [0.717, 1.165) is 35.3 Å². The summed E-state index contributed by atoms with van der Waals surface area (Å²) in [6.07, 6.45) is 2.85. The highest BCUT2D eigenvalue weighted by Crippen LogP contribution is 2.32. The third-order valence-electron chi connectivity index (χ3n) is 4.48. The van der Waals surface area contributed by atoms with Crippen molar-refractivity contribution in [2.45, 2.75) is 36.4 Å². The molecule has 1 amide bonds. The Morgan fingerprint density at radius 1 is 1.32 bits per heavy atom. The molecule has 0 saturated heterocycles. The smallest absolute Gasteiger partial charge is 0.251 e. The fraction of sp³-hybridized carbons (Fsp3) is 0.333. The van der Waals surface area contributed by atoms with Crippen molar-refractivity contribution in [3.63, 3.8) is 0 Å². The molecule has 0 unspecified atom stereocenters. The number of benzene rings is 2. The van der Waals surface area contributed by atoms with Crippen LogP contribution in [0.25, 0.3) is 0 Å². The van der Waals surface area contributed by atoms with E-state index < -0.39 is 6.04 Å². The van der Waals surface area contributed by atoms with Gasteiger partial charge in [0.15, 0.2) is 0 Å². The Balaban J connectivity index is 1.82. The number of carbonyl (C=O) groups excluding carboxylic acids is 2. The SMILES string of the molecule is CN(Cc1ccc(Cl)cc1)c1cc(C(=O)NC2CC2)ccc1SC[C@H](N)C=O. The number of nitrogens with zero attached hydrogens (tertiary/aromatic N) is 1. The van der Waals surface area contributed by atoms with Gasteiger partial charge in [-0.05, 0) is 48.7 Å². The molecule has 2 aromatic rings. The second-order valence-corrected chi connectivity index (χ2v) is 8.52. The summed E-state index contributed by atoms with van der Waals surface area (Å²) in [5.41, 5.74) is 8.42. The van der Waals surface area contributed by atoms with Crippen molar-refractivity contribution in [1.82, 2.24) is 5.32 Å². The Bertz CT molecular complexity index is 840. The van der Waals surface area contributed by atoms with Crippen molar-refractivity contribution in [3.05, 3.63) is 58.6 Å². The highest BCUT2D eigenvalue weighted by atomic mass is 35.5. The number of halogens is 1. The van der Waals surface area contributed by atoms with Crippen LogP contribution in [0.2, 0.25) is 5.02 Å². The molecule has 1 atom stereocenters. The van der Waals surface area contributed by atoms with Gasteiger partial charge >= 0.3 is 0 Å². The largest absolute Gasteiger partial charge is 0.369 e. The van der Waals surface area contributed by atoms with Crippen LogP contribution >= 0.6 is 23.4 Å². The number of hydrogen-bond donors (Lipinski definition) is 2. The van der Waals surface area contributed by atoms with Crippen LogP contribution in [0.5, 0.6) is 0 Å². The number of aldehydes is 1. The summed E-state index contributed by atoms with van der Waals surface area (Å²) >= 11 is 7.49. The van der Waals surface area contributed by atoms with Crippen LogP contribution in [0, 0.1) is 0 Å². The summed E-state index contributed by atoms with van der Waals surface area (Å²) in [5, 5.41) is 3.72. The molecule has 0 radical (unpaired) electrons. The van der Waals surface area contributed by atoms with Crippen molar-refractivity contribution in [2.75, 3.05) is 17.7 Å². The van der Waals surface area contributed by atoms with E-state index in [4.69, 9.17) is 17.3 Å². The molecule has 28 heavy (non-hydrogen) atoms. The number of hydrogen-bond acceptors (Lipinski definition) is 5. The van der Waals surface area contributed by atoms with Crippen molar-refractivity contribution in [1.29, 1.82) is 0 Å². The normalized spacial score (nSPS) is 14.4. The van der Waals surface area contributed by atoms with Gasteiger partial charge in [0.25, 0.3) is 5.91 Å². The fourth-order valence-electron chi connectivity index (χ4n) is 2.75. The molecule has 0 aliphatic heterocycles. The first kappa shape index (κ1) is 20.7. The number of amides is 1. The van der Waals surface area contributed by atoms with Crippen molar-refractivity contribution >= 4 is 41.2 Å². The Hall–Kier alpha value is -2.02. The van der Waals surface area contributed by atoms with Gasteiger partial charge in [0, 0.05) is 40.9 Å². The van der Waals surface area contributed by atoms with E-state index in [1.807, 2.05) is 49.5 Å². The lowest BCUT2D eigenvalue weighted by atomic mass is 10.1. The number of nitrogens with one attached hydrogen (secondary N) is 1. The summed E-state index contributed by atoms with van der Waals surface area (Å²) in [7, 11) is 1.98. The second kappa shape index (κ2) is 9.45. The molecule has 0 spiro atoms. The monoisotopic (exact) mass is 417 g/mol. The molecular weight excluding hydrogens is 394 g/mol. The number of thioether (sulfide) groups is 1. The summed E-state index contributed by atoms with van der Waals surface area (Å²) < 4.78 is 0. The minimum atomic E-state index is -0.516. The molecule has 1 fully saturated rings. The predicted molar refractivity (Wildman–Crippen MR) is 115 cm³/mol. The average molecular weight is 418 g/mol. The molecule has 1 saturated carbocycles. The number of carbonyl (C=O) groups is 2. The molecule has 0 aromatic heterocycles. The van der Waals surface area contributed by atoms with Gasteiger partial charge in [-0.2, -0.15) is 0 Å². The van der Waals surface area contributed by atoms with Crippen LogP contribution in [-0.2, 0) is 11.3 Å². The fourth-order valence-corrected chi connectivity index (χ4v) is 3.85. The van der Waals surface area contributed by atoms with Gasteiger partial charge in [0.2, 0.25) is 0 Å². The van der Waals surface area contributed by atoms with Gasteiger partial charge in [-0.1, -0.05) is 23.7 Å². The maximum atomic E-state index is 12.5. The van der Waals surface area contributed by atoms with Crippen LogP contribution in [-0.4, -0.2) is 37.1 Å². The number of anilines is 1. The van der Waals surface area contributed by atoms with E-state index in [0.29, 0.717) is 28.9 Å². The molecule has 1 aliphatic rings. The highest BCUT2D eigenvalue weighted by Gasteiger charge is 2.24. The van der Waals surface area contributed by atoms with Crippen molar-refractivity contribution in [3.8, 4) is 0 Å². The minimum absolute atomic E-state index is 0.0511. The van der Waals surface area contributed by atoms with Crippen LogP contribution in [0.1, 0.15) is 28.8 Å². The first-order valence-corrected chi connectivity index (χ1v) is 10.6. The predicted octanol–water partition coefficient (Wildman–Crippen LogP) is 3.49. The van der Waals surface area contributed by atoms with Crippen molar-refractivity contribution in [2.24, 2.45) is 5.73 Å². The highest BCUT2D eigenvalue weighted by molar-refractivity contribution is 7.99. The number of nitrogens with two attached hydrogens (primary N) is 1. The molecule has 3 N–H and O–H groups in total. The maximum absolute atomic E-state index is 12.5. The molecule has 5 nitrogen and oxygen atoms in total. The standard InChI is InChI=1S/C21H24ClN3O2S/c1-25(11-14-2-5-16(22)6-3-14)19-10-15(21(27)24-18-7-8-18)4-9-20(19)28-13-17(23)12-26/h2-6,9-10,12,17-18H,7-8,11,13,23H2,1H3,(H,24,27)/t17-/m1/s1. The van der Waals surface area contributed by atoms with Gasteiger partial charge in [0.05, 0.1) is 11.7 Å². The molecule has 0 bridgehead atoms. The first-order chi connectivity index (χ1) is 13.5. The quantitative estimate of drug-likeness (QED) is 0.482. The molecule has 7 heteroatoms. The summed E-state index contributed by atoms with van der Waals surface area (Å²) in [6.45, 7) is 0.665. The summed E-state index contributed by atoms with van der Waals surface area (Å²) in [4.78, 5) is 26.4. The molecule has 1 aliphatic carbocycles. The lowest BCUT2D eigenvalue weighted by Gasteiger charge is -2.23. The van der Waals surface area contributed by atoms with E-state index in [-0.39, 0.29) is 5.91 Å². The molecule has 148 valence electrons. The maximum Gasteiger partial charge on any atom is 0.251 e. The Kier molecular flexibility index (Phi) is 6.99. The Morgan fingerprint density at radius 3 is 2.68 bits per heavy atom. The van der Waals surface area contributed by atoms with Gasteiger partial charge in [-0.25, -0.2) is 0 Å². The Labute approximate surface area is 174 Å². The van der Waals surface area contributed by atoms with E-state index in [1.54, 1.807) is 0 Å². The molecule has 0 heterocycles. The molecule has 3 rings (SSSR count). The van der Waals surface area contributed by atoms with E-state index in [9.17, 15) is 9.59 Å². The van der Waals surface area contributed by atoms with E-state index >= 15 is 0 Å². The zero-order valence-electron chi connectivity index (χ0n) is 15.7. The average Bonchev–Trinajstić information content (AvgIpc) is 3.51. The van der Waals surface area contributed by atoms with Gasteiger partial charge in [-0.3, -0.25) is 4.79 Å². The Morgan fingerprint density at radius 2 is 2.04 bits per heavy atom. The van der Waals surface area contributed by atoms with Gasteiger partial charge < -0.3 is 20.7 Å². The van der Waals surface area contributed by atoms with Gasteiger partial charge in [0.1, 0.15) is 6.29 Å². The lowest BCUT2D eigenvalue weighted by Crippen LogP contribution is -2.26. The van der Waals surface area contributed by atoms with E-state index in [2.05, 4.69) is 10.2 Å². The third kappa shape index (κ3) is 5.74. The van der Waals surface area contributed by atoms with Crippen LogP contribution in [0.3, 0.4) is 0 Å². The topological polar surface area (TPSA) is 75.4 Å². The van der Waals surface area contributed by atoms with Crippen LogP contribution in [0.15, 0.2) is 47.4 Å². The van der Waals surface area contributed by atoms with Gasteiger partial charge in [-0.15, -0.1) is 11.8 Å². The first-order valence-electron chi connectivity index (χ1n) is 9.20. The minimum Gasteiger partial charge on any atom is -0.369 e. The van der Waals surface area contributed by atoms with Crippen molar-refractivity contribution < 1.29 is 9.59 Å². The van der Waals surface area contributed by atoms with E-state index in [1.165, 1.54) is 11.8 Å². The third-order valence-corrected chi connectivity index (χ3v) is 5.94. The number of rotatable bonds is 9. The lowest BCUT2D eigenvalue weighted by molar-refractivity contribution is -0.108. The summed E-state index contributed by atoms with van der Waals surface area (Å²) in [6, 6.07) is 13.1.